The number of benzene rings is 1. The number of hydrogen-bond acceptors (Lipinski definition) is 3. The monoisotopic (exact) mass is 286 g/mol. The molecule has 1 rings (SSSR count). The zero-order valence-electron chi connectivity index (χ0n) is 8.82. The number of halogens is 3. The number of nitrogens with two attached hydrogens (primary N) is 1. The van der Waals surface area contributed by atoms with Crippen LogP contribution in [-0.4, -0.2) is 21.5 Å². The average molecular weight is 287 g/mol. The minimum Gasteiger partial charge on any atom is -0.330 e. The lowest BCUT2D eigenvalue weighted by molar-refractivity contribution is 0.483. The molecule has 0 saturated carbocycles. The summed E-state index contributed by atoms with van der Waals surface area (Å²) < 4.78 is 51.2. The standard InChI is InChI=1S/C9H12F2N2O2S.ClH/c10-7-3-1-4-8(9(7)11)16(14,15)13-6-2-5-12;/h1,3-4,13H,2,5-6,12H2;1H. The molecular formula is C9H13ClF2N2O2S. The van der Waals surface area contributed by atoms with Crippen LogP contribution in [0, 0.1) is 11.6 Å². The van der Waals surface area contributed by atoms with Gasteiger partial charge in [-0.25, -0.2) is 21.9 Å². The quantitative estimate of drug-likeness (QED) is 0.794. The van der Waals surface area contributed by atoms with Crippen molar-refractivity contribution in [1.82, 2.24) is 4.72 Å². The van der Waals surface area contributed by atoms with Crippen molar-refractivity contribution in [2.45, 2.75) is 11.3 Å². The van der Waals surface area contributed by atoms with Crippen molar-refractivity contribution < 1.29 is 17.2 Å². The van der Waals surface area contributed by atoms with Crippen LogP contribution in [0.1, 0.15) is 6.42 Å². The molecule has 17 heavy (non-hydrogen) atoms. The lowest BCUT2D eigenvalue weighted by atomic mass is 10.3. The predicted molar refractivity (Wildman–Crippen MR) is 62.5 cm³/mol. The third kappa shape index (κ3) is 4.19. The molecule has 0 radical (unpaired) electrons. The van der Waals surface area contributed by atoms with Crippen molar-refractivity contribution in [3.05, 3.63) is 29.8 Å². The third-order valence-corrected chi connectivity index (χ3v) is 3.36. The largest absolute Gasteiger partial charge is 0.330 e. The smallest absolute Gasteiger partial charge is 0.243 e. The van der Waals surface area contributed by atoms with Gasteiger partial charge in [-0.05, 0) is 25.1 Å². The predicted octanol–water partition coefficient (Wildman–Crippen LogP) is 1.01. The summed E-state index contributed by atoms with van der Waals surface area (Å²) in [4.78, 5) is -0.690. The molecule has 4 nitrogen and oxygen atoms in total. The van der Waals surface area contributed by atoms with Crippen LogP contribution in [0.2, 0.25) is 0 Å². The van der Waals surface area contributed by atoms with E-state index < -0.39 is 26.6 Å². The van der Waals surface area contributed by atoms with E-state index in [0.717, 1.165) is 18.2 Å². The van der Waals surface area contributed by atoms with E-state index >= 15 is 0 Å². The molecule has 0 aromatic heterocycles. The van der Waals surface area contributed by atoms with E-state index in [9.17, 15) is 17.2 Å². The van der Waals surface area contributed by atoms with Gasteiger partial charge in [0.2, 0.25) is 10.0 Å². The van der Waals surface area contributed by atoms with Gasteiger partial charge < -0.3 is 5.73 Å². The summed E-state index contributed by atoms with van der Waals surface area (Å²) in [6.45, 7) is 0.406. The second-order valence-electron chi connectivity index (χ2n) is 3.09. The summed E-state index contributed by atoms with van der Waals surface area (Å²) in [6.07, 6.45) is 0.427. The number of sulfonamides is 1. The molecule has 8 heteroatoms. The molecular weight excluding hydrogens is 274 g/mol. The molecule has 3 N–H and O–H groups in total. The first-order valence-corrected chi connectivity index (χ1v) is 6.11. The van der Waals surface area contributed by atoms with Crippen LogP contribution in [0.3, 0.4) is 0 Å². The molecule has 0 aliphatic heterocycles. The topological polar surface area (TPSA) is 72.2 Å². The van der Waals surface area contributed by atoms with Crippen LogP contribution in [0.25, 0.3) is 0 Å². The fourth-order valence-electron chi connectivity index (χ4n) is 1.08. The Morgan fingerprint density at radius 2 is 1.94 bits per heavy atom. The zero-order valence-corrected chi connectivity index (χ0v) is 10.5. The maximum absolute atomic E-state index is 13.2. The summed E-state index contributed by atoms with van der Waals surface area (Å²) >= 11 is 0. The highest BCUT2D eigenvalue weighted by Gasteiger charge is 2.20. The Balaban J connectivity index is 0.00000256. The third-order valence-electron chi connectivity index (χ3n) is 1.88. The van der Waals surface area contributed by atoms with E-state index in [4.69, 9.17) is 5.73 Å². The van der Waals surface area contributed by atoms with Crippen molar-refractivity contribution in [3.63, 3.8) is 0 Å². The van der Waals surface area contributed by atoms with Gasteiger partial charge in [-0.3, -0.25) is 0 Å². The number of nitrogens with one attached hydrogen (secondary N) is 1. The molecule has 0 unspecified atom stereocenters. The lowest BCUT2D eigenvalue weighted by Gasteiger charge is -2.07. The first-order chi connectivity index (χ1) is 7.49. The van der Waals surface area contributed by atoms with Gasteiger partial charge in [0.05, 0.1) is 0 Å². The van der Waals surface area contributed by atoms with Crippen molar-refractivity contribution in [2.75, 3.05) is 13.1 Å². The van der Waals surface area contributed by atoms with Crippen LogP contribution < -0.4 is 10.5 Å². The average Bonchev–Trinajstić information content (AvgIpc) is 2.22. The van der Waals surface area contributed by atoms with Crippen LogP contribution in [0.5, 0.6) is 0 Å². The maximum Gasteiger partial charge on any atom is 0.243 e. The Morgan fingerprint density at radius 3 is 2.53 bits per heavy atom. The zero-order chi connectivity index (χ0) is 12.2. The van der Waals surface area contributed by atoms with Crippen molar-refractivity contribution in [2.24, 2.45) is 5.73 Å². The summed E-state index contributed by atoms with van der Waals surface area (Å²) in [5.41, 5.74) is 5.18. The van der Waals surface area contributed by atoms with Gasteiger partial charge in [-0.15, -0.1) is 12.4 Å². The van der Waals surface area contributed by atoms with E-state index in [1.54, 1.807) is 0 Å². The number of rotatable bonds is 5. The minimum absolute atomic E-state index is 0. The summed E-state index contributed by atoms with van der Waals surface area (Å²) in [5.74, 6) is -2.57. The molecule has 98 valence electrons. The van der Waals surface area contributed by atoms with Crippen LogP contribution in [-0.2, 0) is 10.0 Å². The van der Waals surface area contributed by atoms with E-state index in [-0.39, 0.29) is 19.0 Å². The van der Waals surface area contributed by atoms with E-state index in [1.165, 1.54) is 0 Å². The minimum atomic E-state index is -4.01. The fourth-order valence-corrected chi connectivity index (χ4v) is 2.24. The maximum atomic E-state index is 13.2. The van der Waals surface area contributed by atoms with Gasteiger partial charge >= 0.3 is 0 Å². The molecule has 0 heterocycles. The molecule has 1 aromatic carbocycles. The first kappa shape index (κ1) is 16.2. The van der Waals surface area contributed by atoms with Gasteiger partial charge in [-0.1, -0.05) is 6.07 Å². The second-order valence-corrected chi connectivity index (χ2v) is 4.83. The molecule has 0 amide bonds. The van der Waals surface area contributed by atoms with Gasteiger partial charge in [0.15, 0.2) is 11.6 Å². The van der Waals surface area contributed by atoms with Gasteiger partial charge in [0.25, 0.3) is 0 Å². The Labute approximate surface area is 105 Å². The van der Waals surface area contributed by atoms with Crippen molar-refractivity contribution in [3.8, 4) is 0 Å². The van der Waals surface area contributed by atoms with Crippen molar-refractivity contribution >= 4 is 22.4 Å². The Hall–Kier alpha value is -0.760. The molecule has 0 atom stereocenters. The van der Waals surface area contributed by atoms with Crippen LogP contribution in [0.15, 0.2) is 23.1 Å². The van der Waals surface area contributed by atoms with Crippen molar-refractivity contribution in [1.29, 1.82) is 0 Å². The first-order valence-electron chi connectivity index (χ1n) is 4.63. The molecule has 0 aliphatic carbocycles. The second kappa shape index (κ2) is 6.85. The van der Waals surface area contributed by atoms with Gasteiger partial charge in [-0.2, -0.15) is 0 Å². The Bertz CT molecular complexity index is 468. The summed E-state index contributed by atoms with van der Waals surface area (Å²) in [5, 5.41) is 0. The highest BCUT2D eigenvalue weighted by Crippen LogP contribution is 2.16. The fraction of sp³-hybridized carbons (Fsp3) is 0.333. The molecule has 0 fully saturated rings. The van der Waals surface area contributed by atoms with E-state index in [0.29, 0.717) is 13.0 Å². The van der Waals surface area contributed by atoms with Gasteiger partial charge in [0, 0.05) is 6.54 Å². The molecule has 0 spiro atoms. The molecule has 0 saturated heterocycles. The highest BCUT2D eigenvalue weighted by atomic mass is 35.5. The van der Waals surface area contributed by atoms with Crippen LogP contribution in [0.4, 0.5) is 8.78 Å². The highest BCUT2D eigenvalue weighted by molar-refractivity contribution is 7.89. The van der Waals surface area contributed by atoms with E-state index in [2.05, 4.69) is 4.72 Å². The lowest BCUT2D eigenvalue weighted by Crippen LogP contribution is -2.27. The molecule has 1 aromatic rings. The SMILES string of the molecule is Cl.NCCCNS(=O)(=O)c1cccc(F)c1F. The molecule has 0 aliphatic rings. The van der Waals surface area contributed by atoms with Gasteiger partial charge in [0.1, 0.15) is 4.90 Å². The Morgan fingerprint density at radius 1 is 1.29 bits per heavy atom. The molecule has 0 bridgehead atoms. The Kier molecular flexibility index (Phi) is 6.54. The summed E-state index contributed by atoms with van der Waals surface area (Å²) in [7, 11) is -4.01. The normalized spacial score (nSPS) is 11.0. The summed E-state index contributed by atoms with van der Waals surface area (Å²) in [6, 6.07) is 2.99. The van der Waals surface area contributed by atoms with Crippen LogP contribution >= 0.6 is 12.4 Å². The van der Waals surface area contributed by atoms with E-state index in [1.807, 2.05) is 0 Å². The number of hydrogen-bond donors (Lipinski definition) is 2.